The Bertz CT molecular complexity index is 288. The first kappa shape index (κ1) is 14.8. The topological polar surface area (TPSA) is 21.3 Å². The van der Waals surface area contributed by atoms with E-state index in [0.29, 0.717) is 0 Å². The average molecular weight is 279 g/mol. The predicted molar refractivity (Wildman–Crippen MR) is 83.9 cm³/mol. The Morgan fingerprint density at radius 2 is 1.90 bits per heavy atom. The largest absolute Gasteiger partial charge is 0.375 e. The predicted octanol–water partition coefficient (Wildman–Crippen LogP) is 4.28. The SMILES string of the molecule is CCNC(CC1CCC1)C1CCOC2(CCCCC2)C1. The first-order valence-corrected chi connectivity index (χ1v) is 9.19. The van der Waals surface area contributed by atoms with Crippen molar-refractivity contribution < 1.29 is 4.74 Å². The van der Waals surface area contributed by atoms with Crippen molar-refractivity contribution in [2.75, 3.05) is 13.2 Å². The maximum atomic E-state index is 6.28. The number of nitrogens with one attached hydrogen (secondary N) is 1. The summed E-state index contributed by atoms with van der Waals surface area (Å²) in [5, 5.41) is 3.82. The summed E-state index contributed by atoms with van der Waals surface area (Å²) < 4.78 is 6.28. The molecule has 2 atom stereocenters. The normalized spacial score (nSPS) is 31.9. The Morgan fingerprint density at radius 1 is 1.10 bits per heavy atom. The summed E-state index contributed by atoms with van der Waals surface area (Å²) in [7, 11) is 0. The third-order valence-corrected chi connectivity index (χ3v) is 6.14. The molecule has 3 rings (SSSR count). The molecule has 1 saturated heterocycles. The summed E-state index contributed by atoms with van der Waals surface area (Å²) in [6, 6.07) is 0.757. The summed E-state index contributed by atoms with van der Waals surface area (Å²) in [6.07, 6.45) is 15.3. The van der Waals surface area contributed by atoms with Crippen LogP contribution in [0.25, 0.3) is 0 Å². The smallest absolute Gasteiger partial charge is 0.0685 e. The number of ether oxygens (including phenoxy) is 1. The molecular formula is C18H33NO. The zero-order valence-electron chi connectivity index (χ0n) is 13.3. The highest BCUT2D eigenvalue weighted by Crippen LogP contribution is 2.43. The van der Waals surface area contributed by atoms with E-state index in [9.17, 15) is 0 Å². The molecule has 0 aromatic heterocycles. The summed E-state index contributed by atoms with van der Waals surface area (Å²) in [6.45, 7) is 4.41. The van der Waals surface area contributed by atoms with Gasteiger partial charge in [-0.25, -0.2) is 0 Å². The van der Waals surface area contributed by atoms with E-state index >= 15 is 0 Å². The molecule has 0 aromatic carbocycles. The molecule has 1 heterocycles. The Hall–Kier alpha value is -0.0800. The second kappa shape index (κ2) is 6.79. The monoisotopic (exact) mass is 279 g/mol. The third kappa shape index (κ3) is 3.39. The summed E-state index contributed by atoms with van der Waals surface area (Å²) >= 11 is 0. The van der Waals surface area contributed by atoms with E-state index in [1.165, 1.54) is 70.6 Å². The van der Waals surface area contributed by atoms with Crippen molar-refractivity contribution in [3.05, 3.63) is 0 Å². The van der Waals surface area contributed by atoms with Crippen molar-refractivity contribution in [3.63, 3.8) is 0 Å². The lowest BCUT2D eigenvalue weighted by molar-refractivity contribution is -0.122. The summed E-state index contributed by atoms with van der Waals surface area (Å²) in [4.78, 5) is 0. The maximum Gasteiger partial charge on any atom is 0.0685 e. The Kier molecular flexibility index (Phi) is 5.04. The van der Waals surface area contributed by atoms with Gasteiger partial charge >= 0.3 is 0 Å². The minimum atomic E-state index is 0.272. The van der Waals surface area contributed by atoms with Crippen LogP contribution in [0.5, 0.6) is 0 Å². The number of rotatable bonds is 5. The molecule has 0 amide bonds. The van der Waals surface area contributed by atoms with Crippen LogP contribution in [0.2, 0.25) is 0 Å². The zero-order valence-corrected chi connectivity index (χ0v) is 13.3. The molecule has 3 fully saturated rings. The first-order valence-electron chi connectivity index (χ1n) is 9.19. The maximum absolute atomic E-state index is 6.28. The molecule has 116 valence electrons. The molecule has 2 saturated carbocycles. The van der Waals surface area contributed by atoms with E-state index in [1.807, 2.05) is 0 Å². The molecule has 2 unspecified atom stereocenters. The molecule has 1 aliphatic heterocycles. The van der Waals surface area contributed by atoms with Crippen molar-refractivity contribution in [2.45, 2.75) is 89.2 Å². The van der Waals surface area contributed by atoms with Crippen LogP contribution in [0.3, 0.4) is 0 Å². The van der Waals surface area contributed by atoms with Gasteiger partial charge in [0, 0.05) is 12.6 Å². The Labute approximate surface area is 125 Å². The van der Waals surface area contributed by atoms with Crippen LogP contribution in [0, 0.1) is 11.8 Å². The van der Waals surface area contributed by atoms with E-state index in [0.717, 1.165) is 31.0 Å². The fourth-order valence-electron chi connectivity index (χ4n) is 4.75. The van der Waals surface area contributed by atoms with Crippen molar-refractivity contribution in [2.24, 2.45) is 11.8 Å². The van der Waals surface area contributed by atoms with Gasteiger partial charge in [0.1, 0.15) is 0 Å². The van der Waals surface area contributed by atoms with E-state index in [1.54, 1.807) is 0 Å². The van der Waals surface area contributed by atoms with Crippen molar-refractivity contribution in [3.8, 4) is 0 Å². The van der Waals surface area contributed by atoms with Crippen molar-refractivity contribution in [1.82, 2.24) is 5.32 Å². The highest BCUT2D eigenvalue weighted by atomic mass is 16.5. The fourth-order valence-corrected chi connectivity index (χ4v) is 4.75. The molecule has 0 radical (unpaired) electrons. The number of hydrogen-bond acceptors (Lipinski definition) is 2. The third-order valence-electron chi connectivity index (χ3n) is 6.14. The molecule has 2 nitrogen and oxygen atoms in total. The van der Waals surface area contributed by atoms with Crippen molar-refractivity contribution in [1.29, 1.82) is 0 Å². The van der Waals surface area contributed by atoms with Crippen LogP contribution >= 0.6 is 0 Å². The zero-order chi connectivity index (χ0) is 13.8. The second-order valence-corrected chi connectivity index (χ2v) is 7.54. The van der Waals surface area contributed by atoms with E-state index < -0.39 is 0 Å². The lowest BCUT2D eigenvalue weighted by Gasteiger charge is -2.46. The molecule has 0 aromatic rings. The Balaban J connectivity index is 1.60. The molecule has 0 bridgehead atoms. The molecular weight excluding hydrogens is 246 g/mol. The summed E-state index contributed by atoms with van der Waals surface area (Å²) in [5.74, 6) is 1.88. The molecule has 1 N–H and O–H groups in total. The quantitative estimate of drug-likeness (QED) is 0.811. The standard InChI is InChI=1S/C18H33NO/c1-2-19-17(13-15-7-6-8-15)16-9-12-20-18(14-16)10-4-3-5-11-18/h15-17,19H,2-14H2,1H3. The van der Waals surface area contributed by atoms with Gasteiger partial charge in [0.25, 0.3) is 0 Å². The van der Waals surface area contributed by atoms with Gasteiger partial charge in [-0.3, -0.25) is 0 Å². The lowest BCUT2D eigenvalue weighted by atomic mass is 9.71. The number of hydrogen-bond donors (Lipinski definition) is 1. The van der Waals surface area contributed by atoms with E-state index in [4.69, 9.17) is 4.74 Å². The minimum Gasteiger partial charge on any atom is -0.375 e. The highest BCUT2D eigenvalue weighted by Gasteiger charge is 2.41. The van der Waals surface area contributed by atoms with Crippen LogP contribution in [0.4, 0.5) is 0 Å². The fraction of sp³-hybridized carbons (Fsp3) is 1.00. The molecule has 1 spiro atoms. The molecule has 2 aliphatic carbocycles. The molecule has 2 heteroatoms. The van der Waals surface area contributed by atoms with Gasteiger partial charge in [0.05, 0.1) is 5.60 Å². The second-order valence-electron chi connectivity index (χ2n) is 7.54. The first-order chi connectivity index (χ1) is 9.81. The van der Waals surface area contributed by atoms with Crippen LogP contribution in [0.1, 0.15) is 77.6 Å². The van der Waals surface area contributed by atoms with E-state index in [2.05, 4.69) is 12.2 Å². The minimum absolute atomic E-state index is 0.272. The van der Waals surface area contributed by atoms with Crippen LogP contribution < -0.4 is 5.32 Å². The van der Waals surface area contributed by atoms with Gasteiger partial charge in [-0.05, 0) is 50.5 Å². The van der Waals surface area contributed by atoms with Crippen molar-refractivity contribution >= 4 is 0 Å². The van der Waals surface area contributed by atoms with Gasteiger partial charge in [-0.1, -0.05) is 45.4 Å². The molecule has 3 aliphatic rings. The summed E-state index contributed by atoms with van der Waals surface area (Å²) in [5.41, 5.74) is 0.272. The van der Waals surface area contributed by atoms with Gasteiger partial charge in [-0.15, -0.1) is 0 Å². The van der Waals surface area contributed by atoms with Gasteiger partial charge in [0.15, 0.2) is 0 Å². The van der Waals surface area contributed by atoms with E-state index in [-0.39, 0.29) is 5.60 Å². The average Bonchev–Trinajstić information content (AvgIpc) is 2.42. The van der Waals surface area contributed by atoms with Crippen LogP contribution in [-0.4, -0.2) is 24.8 Å². The van der Waals surface area contributed by atoms with Gasteiger partial charge < -0.3 is 10.1 Å². The van der Waals surface area contributed by atoms with Gasteiger partial charge in [-0.2, -0.15) is 0 Å². The van der Waals surface area contributed by atoms with Crippen LogP contribution in [-0.2, 0) is 4.74 Å². The van der Waals surface area contributed by atoms with Gasteiger partial charge in [0.2, 0.25) is 0 Å². The van der Waals surface area contributed by atoms with Crippen LogP contribution in [0.15, 0.2) is 0 Å². The highest BCUT2D eigenvalue weighted by molar-refractivity contribution is 4.94. The Morgan fingerprint density at radius 3 is 2.55 bits per heavy atom. The molecule has 20 heavy (non-hydrogen) atoms. The lowest BCUT2D eigenvalue weighted by Crippen LogP contribution is -2.48.